The highest BCUT2D eigenvalue weighted by Gasteiger charge is 2.26. The maximum absolute atomic E-state index is 12.3. The van der Waals surface area contributed by atoms with E-state index >= 15 is 0 Å². The van der Waals surface area contributed by atoms with Gasteiger partial charge in [-0.1, -0.05) is 0 Å². The Labute approximate surface area is 114 Å². The fourth-order valence-corrected chi connectivity index (χ4v) is 2.75. The van der Waals surface area contributed by atoms with Crippen LogP contribution in [0.3, 0.4) is 0 Å². The lowest BCUT2D eigenvalue weighted by Crippen LogP contribution is -2.45. The van der Waals surface area contributed by atoms with Crippen molar-refractivity contribution >= 4 is 5.82 Å². The second kappa shape index (κ2) is 6.19. The lowest BCUT2D eigenvalue weighted by Gasteiger charge is -2.36. The molecular weight excluding hydrogens is 240 g/mol. The first-order valence-corrected chi connectivity index (χ1v) is 7.15. The van der Waals surface area contributed by atoms with Gasteiger partial charge in [-0.2, -0.15) is 0 Å². The summed E-state index contributed by atoms with van der Waals surface area (Å²) in [4.78, 5) is 18.7. The minimum Gasteiger partial charge on any atom is -0.352 e. The minimum absolute atomic E-state index is 0.0303. The summed E-state index contributed by atoms with van der Waals surface area (Å²) < 4.78 is 1.72. The summed E-state index contributed by atoms with van der Waals surface area (Å²) in [5.41, 5.74) is 0.0303. The Morgan fingerprint density at radius 3 is 3.05 bits per heavy atom. The molecule has 2 heterocycles. The molecule has 0 radical (unpaired) electrons. The van der Waals surface area contributed by atoms with E-state index in [1.54, 1.807) is 17.0 Å². The van der Waals surface area contributed by atoms with Crippen molar-refractivity contribution in [1.82, 2.24) is 14.9 Å². The smallest absolute Gasteiger partial charge is 0.293 e. The van der Waals surface area contributed by atoms with Gasteiger partial charge in [0.05, 0.1) is 0 Å². The molecule has 1 aromatic heterocycles. The zero-order valence-corrected chi connectivity index (χ0v) is 12.1. The Morgan fingerprint density at radius 2 is 2.37 bits per heavy atom. The highest BCUT2D eigenvalue weighted by molar-refractivity contribution is 5.36. The first kappa shape index (κ1) is 14.1. The average Bonchev–Trinajstić information content (AvgIpc) is 2.46. The first-order chi connectivity index (χ1) is 9.17. The Hall–Kier alpha value is -1.36. The van der Waals surface area contributed by atoms with Crippen LogP contribution >= 0.6 is 0 Å². The molecule has 2 unspecified atom stereocenters. The number of anilines is 1. The maximum Gasteiger partial charge on any atom is 0.293 e. The van der Waals surface area contributed by atoms with Crippen molar-refractivity contribution in [2.45, 2.75) is 39.3 Å². The van der Waals surface area contributed by atoms with Crippen LogP contribution in [0.15, 0.2) is 17.2 Å². The molecule has 0 bridgehead atoms. The molecule has 0 amide bonds. The summed E-state index contributed by atoms with van der Waals surface area (Å²) in [7, 11) is 1.99. The molecule has 5 heteroatoms. The fraction of sp³-hybridized carbons (Fsp3) is 0.714. The Bertz CT molecular complexity index is 471. The second-order valence-corrected chi connectivity index (χ2v) is 5.27. The highest BCUT2D eigenvalue weighted by atomic mass is 16.1. The molecule has 106 valence electrons. The van der Waals surface area contributed by atoms with Crippen LogP contribution in [0.2, 0.25) is 0 Å². The lowest BCUT2D eigenvalue weighted by molar-refractivity contribution is 0.331. The predicted octanol–water partition coefficient (Wildman–Crippen LogP) is 1.09. The van der Waals surface area contributed by atoms with E-state index in [1.165, 1.54) is 6.42 Å². The van der Waals surface area contributed by atoms with E-state index in [0.717, 1.165) is 19.5 Å². The van der Waals surface area contributed by atoms with E-state index < -0.39 is 0 Å². The van der Waals surface area contributed by atoms with Gasteiger partial charge in [0, 0.05) is 38.1 Å². The number of nitrogens with zero attached hydrogens (tertiary/aromatic N) is 3. The van der Waals surface area contributed by atoms with Gasteiger partial charge in [0.1, 0.15) is 0 Å². The number of hydrogen-bond acceptors (Lipinski definition) is 4. The van der Waals surface area contributed by atoms with Gasteiger partial charge < -0.3 is 14.8 Å². The summed E-state index contributed by atoms with van der Waals surface area (Å²) >= 11 is 0. The molecule has 5 nitrogen and oxygen atoms in total. The third-order valence-corrected chi connectivity index (χ3v) is 4.16. The molecule has 2 atom stereocenters. The number of rotatable bonds is 4. The van der Waals surface area contributed by atoms with Crippen molar-refractivity contribution in [3.8, 4) is 0 Å². The van der Waals surface area contributed by atoms with Gasteiger partial charge in [-0.25, -0.2) is 4.98 Å². The van der Waals surface area contributed by atoms with E-state index in [2.05, 4.69) is 22.1 Å². The zero-order chi connectivity index (χ0) is 13.8. The van der Waals surface area contributed by atoms with Gasteiger partial charge in [-0.15, -0.1) is 0 Å². The van der Waals surface area contributed by atoms with Crippen molar-refractivity contribution in [3.05, 3.63) is 22.7 Å². The molecule has 1 aromatic rings. The number of aromatic nitrogens is 2. The summed E-state index contributed by atoms with van der Waals surface area (Å²) in [5.74, 6) is 1.19. The van der Waals surface area contributed by atoms with Gasteiger partial charge in [-0.3, -0.25) is 4.79 Å². The second-order valence-electron chi connectivity index (χ2n) is 5.27. The summed E-state index contributed by atoms with van der Waals surface area (Å²) in [5, 5.41) is 3.31. The van der Waals surface area contributed by atoms with Crippen LogP contribution in [0.1, 0.15) is 26.7 Å². The van der Waals surface area contributed by atoms with E-state index in [0.29, 0.717) is 24.3 Å². The number of nitrogens with one attached hydrogen (secondary N) is 1. The van der Waals surface area contributed by atoms with Gasteiger partial charge >= 0.3 is 0 Å². The van der Waals surface area contributed by atoms with Crippen LogP contribution in [-0.2, 0) is 6.54 Å². The molecule has 0 spiro atoms. The Balaban J connectivity index is 2.20. The average molecular weight is 264 g/mol. The molecule has 0 aliphatic carbocycles. The number of hydrogen-bond donors (Lipinski definition) is 1. The van der Waals surface area contributed by atoms with Crippen molar-refractivity contribution in [2.24, 2.45) is 5.92 Å². The third kappa shape index (κ3) is 2.97. The molecule has 2 rings (SSSR count). The lowest BCUT2D eigenvalue weighted by atomic mass is 9.92. The summed E-state index contributed by atoms with van der Waals surface area (Å²) in [6.07, 6.45) is 5.82. The van der Waals surface area contributed by atoms with Crippen LogP contribution < -0.4 is 15.8 Å². The molecular formula is C14H24N4O. The van der Waals surface area contributed by atoms with Crippen molar-refractivity contribution in [1.29, 1.82) is 0 Å². The van der Waals surface area contributed by atoms with Gasteiger partial charge in [0.2, 0.25) is 0 Å². The molecule has 1 aliphatic heterocycles. The van der Waals surface area contributed by atoms with Gasteiger partial charge in [-0.05, 0) is 39.7 Å². The summed E-state index contributed by atoms with van der Waals surface area (Å²) in [6, 6.07) is 0.472. The third-order valence-electron chi connectivity index (χ3n) is 4.16. The van der Waals surface area contributed by atoms with Crippen LogP contribution in [0.4, 0.5) is 5.82 Å². The van der Waals surface area contributed by atoms with Gasteiger partial charge in [0.15, 0.2) is 5.82 Å². The van der Waals surface area contributed by atoms with Crippen molar-refractivity contribution in [3.63, 3.8) is 0 Å². The summed E-state index contributed by atoms with van der Waals surface area (Å²) in [6.45, 7) is 6.73. The van der Waals surface area contributed by atoms with Gasteiger partial charge in [0.25, 0.3) is 5.56 Å². The highest BCUT2D eigenvalue weighted by Crippen LogP contribution is 2.21. The van der Waals surface area contributed by atoms with E-state index in [9.17, 15) is 4.79 Å². The molecule has 1 N–H and O–H groups in total. The number of piperidine rings is 1. The zero-order valence-electron chi connectivity index (χ0n) is 12.1. The number of aryl methyl sites for hydroxylation is 1. The SMILES string of the molecule is CCn1ccnc(N2CCCC(C(C)NC)C2)c1=O. The van der Waals surface area contributed by atoms with Crippen LogP contribution in [0.5, 0.6) is 0 Å². The first-order valence-electron chi connectivity index (χ1n) is 7.15. The van der Waals surface area contributed by atoms with Crippen LogP contribution in [0, 0.1) is 5.92 Å². The Morgan fingerprint density at radius 1 is 1.58 bits per heavy atom. The van der Waals surface area contributed by atoms with E-state index in [1.807, 2.05) is 14.0 Å². The van der Waals surface area contributed by atoms with Crippen molar-refractivity contribution in [2.75, 3.05) is 25.0 Å². The fourth-order valence-electron chi connectivity index (χ4n) is 2.75. The van der Waals surface area contributed by atoms with Crippen molar-refractivity contribution < 1.29 is 0 Å². The largest absolute Gasteiger partial charge is 0.352 e. The van der Waals surface area contributed by atoms with E-state index in [-0.39, 0.29) is 5.56 Å². The Kier molecular flexibility index (Phi) is 4.58. The standard InChI is InChI=1S/C14H24N4O/c1-4-17-9-7-16-13(14(17)19)18-8-5-6-12(10-18)11(2)15-3/h7,9,11-12,15H,4-6,8,10H2,1-3H3. The van der Waals surface area contributed by atoms with Crippen LogP contribution in [-0.4, -0.2) is 35.7 Å². The molecule has 1 fully saturated rings. The topological polar surface area (TPSA) is 50.2 Å². The predicted molar refractivity (Wildman–Crippen MR) is 77.6 cm³/mol. The minimum atomic E-state index is 0.0303. The molecule has 0 saturated carbocycles. The molecule has 1 aliphatic rings. The van der Waals surface area contributed by atoms with E-state index in [4.69, 9.17) is 0 Å². The monoisotopic (exact) mass is 264 g/mol. The maximum atomic E-state index is 12.3. The normalized spacial score (nSPS) is 21.4. The van der Waals surface area contributed by atoms with Crippen LogP contribution in [0.25, 0.3) is 0 Å². The molecule has 19 heavy (non-hydrogen) atoms. The molecule has 1 saturated heterocycles. The molecule has 0 aromatic carbocycles. The quantitative estimate of drug-likeness (QED) is 0.884.